The van der Waals surface area contributed by atoms with Gasteiger partial charge in [-0.2, -0.15) is 0 Å². The van der Waals surface area contributed by atoms with Gasteiger partial charge in [-0.3, -0.25) is 0 Å². The van der Waals surface area contributed by atoms with Gasteiger partial charge in [-0.05, 0) is 44.1 Å². The zero-order valence-electron chi connectivity index (χ0n) is 10.2. The minimum Gasteiger partial charge on any atom is -0.378 e. The summed E-state index contributed by atoms with van der Waals surface area (Å²) in [6, 6.07) is 0.725. The van der Waals surface area contributed by atoms with Gasteiger partial charge in [-0.1, -0.05) is 20.3 Å². The monoisotopic (exact) mass is 211 g/mol. The van der Waals surface area contributed by atoms with Gasteiger partial charge in [0.1, 0.15) is 0 Å². The van der Waals surface area contributed by atoms with Crippen molar-refractivity contribution in [1.82, 2.24) is 5.32 Å². The Balaban J connectivity index is 1.63. The lowest BCUT2D eigenvalue weighted by Gasteiger charge is -2.30. The largest absolute Gasteiger partial charge is 0.378 e. The van der Waals surface area contributed by atoms with E-state index in [0.717, 1.165) is 24.5 Å². The van der Waals surface area contributed by atoms with Crippen LogP contribution < -0.4 is 5.32 Å². The summed E-state index contributed by atoms with van der Waals surface area (Å²) in [5.74, 6) is 1.95. The molecule has 2 rings (SSSR count). The van der Waals surface area contributed by atoms with Gasteiger partial charge in [0.25, 0.3) is 0 Å². The summed E-state index contributed by atoms with van der Waals surface area (Å²) in [6.07, 6.45) is 6.89. The molecule has 0 spiro atoms. The molecule has 4 atom stereocenters. The van der Waals surface area contributed by atoms with Crippen LogP contribution in [-0.4, -0.2) is 25.3 Å². The molecule has 0 bridgehead atoms. The fraction of sp³-hybridized carbons (Fsp3) is 1.00. The maximum atomic E-state index is 5.75. The molecule has 0 aromatic carbocycles. The van der Waals surface area contributed by atoms with Crippen molar-refractivity contribution < 1.29 is 4.74 Å². The second kappa shape index (κ2) is 5.31. The molecule has 0 aromatic rings. The number of nitrogens with one attached hydrogen (secondary N) is 1. The normalized spacial score (nSPS) is 40.4. The van der Waals surface area contributed by atoms with Crippen LogP contribution in [0.2, 0.25) is 0 Å². The fourth-order valence-electron chi connectivity index (χ4n) is 2.59. The predicted molar refractivity (Wildman–Crippen MR) is 62.9 cm³/mol. The summed E-state index contributed by atoms with van der Waals surface area (Å²) in [6.45, 7) is 6.80. The van der Waals surface area contributed by atoms with E-state index in [4.69, 9.17) is 4.74 Å². The van der Waals surface area contributed by atoms with E-state index in [0.29, 0.717) is 6.10 Å². The van der Waals surface area contributed by atoms with Crippen LogP contribution >= 0.6 is 0 Å². The van der Waals surface area contributed by atoms with Crippen molar-refractivity contribution in [2.45, 2.75) is 58.1 Å². The first kappa shape index (κ1) is 11.4. The molecule has 2 heteroatoms. The highest BCUT2D eigenvalue weighted by molar-refractivity contribution is 4.86. The van der Waals surface area contributed by atoms with E-state index in [-0.39, 0.29) is 0 Å². The third kappa shape index (κ3) is 3.46. The molecule has 1 N–H and O–H groups in total. The zero-order chi connectivity index (χ0) is 10.7. The van der Waals surface area contributed by atoms with Crippen LogP contribution in [0, 0.1) is 11.8 Å². The van der Waals surface area contributed by atoms with Crippen LogP contribution in [0.5, 0.6) is 0 Å². The van der Waals surface area contributed by atoms with Gasteiger partial charge in [0.05, 0.1) is 6.10 Å². The van der Waals surface area contributed by atoms with Crippen molar-refractivity contribution in [1.29, 1.82) is 0 Å². The highest BCUT2D eigenvalue weighted by Gasteiger charge is 2.33. The highest BCUT2D eigenvalue weighted by atomic mass is 16.5. The van der Waals surface area contributed by atoms with Crippen LogP contribution in [0.3, 0.4) is 0 Å². The average Bonchev–Trinajstić information content (AvgIpc) is 2.93. The minimum atomic E-state index is 0.526. The minimum absolute atomic E-state index is 0.526. The van der Waals surface area contributed by atoms with Gasteiger partial charge in [0.2, 0.25) is 0 Å². The quantitative estimate of drug-likeness (QED) is 0.754. The van der Waals surface area contributed by atoms with Crippen LogP contribution in [0.1, 0.15) is 46.0 Å². The molecule has 15 heavy (non-hydrogen) atoms. The van der Waals surface area contributed by atoms with Gasteiger partial charge < -0.3 is 10.1 Å². The second-order valence-corrected chi connectivity index (χ2v) is 5.38. The van der Waals surface area contributed by atoms with Crippen LogP contribution in [0.25, 0.3) is 0 Å². The number of hydrogen-bond donors (Lipinski definition) is 1. The zero-order valence-corrected chi connectivity index (χ0v) is 10.2. The molecule has 0 aromatic heterocycles. The van der Waals surface area contributed by atoms with Crippen LogP contribution in [0.15, 0.2) is 0 Å². The third-order valence-corrected chi connectivity index (χ3v) is 3.92. The molecule has 0 radical (unpaired) electrons. The molecule has 88 valence electrons. The number of ether oxygens (including phenoxy) is 1. The highest BCUT2D eigenvalue weighted by Crippen LogP contribution is 2.37. The topological polar surface area (TPSA) is 21.3 Å². The van der Waals surface area contributed by atoms with Gasteiger partial charge >= 0.3 is 0 Å². The second-order valence-electron chi connectivity index (χ2n) is 5.38. The number of rotatable bonds is 5. The van der Waals surface area contributed by atoms with E-state index in [9.17, 15) is 0 Å². The Labute approximate surface area is 93.8 Å². The maximum absolute atomic E-state index is 5.75. The van der Waals surface area contributed by atoms with Crippen molar-refractivity contribution in [3.8, 4) is 0 Å². The summed E-state index contributed by atoms with van der Waals surface area (Å²) < 4.78 is 5.75. The lowest BCUT2D eigenvalue weighted by atomic mass is 10.00. The third-order valence-electron chi connectivity index (χ3n) is 3.92. The van der Waals surface area contributed by atoms with E-state index in [2.05, 4.69) is 19.2 Å². The Kier molecular flexibility index (Phi) is 4.04. The van der Waals surface area contributed by atoms with Crippen molar-refractivity contribution in [3.63, 3.8) is 0 Å². The Hall–Kier alpha value is -0.0800. The molecule has 1 saturated heterocycles. The predicted octanol–water partition coefficient (Wildman–Crippen LogP) is 2.58. The van der Waals surface area contributed by atoms with Crippen molar-refractivity contribution in [3.05, 3.63) is 0 Å². The molecular weight excluding hydrogens is 186 g/mol. The Bertz CT molecular complexity index is 193. The molecular formula is C13H25NO. The van der Waals surface area contributed by atoms with E-state index >= 15 is 0 Å². The lowest BCUT2D eigenvalue weighted by molar-refractivity contribution is -0.00328. The van der Waals surface area contributed by atoms with Crippen molar-refractivity contribution in [2.24, 2.45) is 11.8 Å². The van der Waals surface area contributed by atoms with Crippen molar-refractivity contribution >= 4 is 0 Å². The Morgan fingerprint density at radius 3 is 2.80 bits per heavy atom. The van der Waals surface area contributed by atoms with E-state index < -0.39 is 0 Å². The standard InChI is InChI=1S/C13H25NO/c1-3-4-13-8-12(5-6-15-13)14-9-11-7-10(11)2/h10-14H,3-9H2,1-2H3. The first-order valence-corrected chi connectivity index (χ1v) is 6.64. The van der Waals surface area contributed by atoms with Crippen LogP contribution in [-0.2, 0) is 4.74 Å². The van der Waals surface area contributed by atoms with Gasteiger partial charge in [0, 0.05) is 12.6 Å². The molecule has 2 aliphatic rings. The maximum Gasteiger partial charge on any atom is 0.0589 e. The van der Waals surface area contributed by atoms with Crippen molar-refractivity contribution in [2.75, 3.05) is 13.2 Å². The fourth-order valence-corrected chi connectivity index (χ4v) is 2.59. The Morgan fingerprint density at radius 2 is 2.13 bits per heavy atom. The molecule has 2 nitrogen and oxygen atoms in total. The van der Waals surface area contributed by atoms with E-state index in [1.807, 2.05) is 0 Å². The lowest BCUT2D eigenvalue weighted by Crippen LogP contribution is -2.39. The first-order chi connectivity index (χ1) is 7.29. The summed E-state index contributed by atoms with van der Waals surface area (Å²) in [5.41, 5.74) is 0. The molecule has 0 amide bonds. The smallest absolute Gasteiger partial charge is 0.0589 e. The molecule has 1 heterocycles. The van der Waals surface area contributed by atoms with Gasteiger partial charge in [-0.25, -0.2) is 0 Å². The molecule has 4 unspecified atom stereocenters. The van der Waals surface area contributed by atoms with E-state index in [1.165, 1.54) is 38.6 Å². The van der Waals surface area contributed by atoms with E-state index in [1.54, 1.807) is 0 Å². The van der Waals surface area contributed by atoms with Crippen LogP contribution in [0.4, 0.5) is 0 Å². The summed E-state index contributed by atoms with van der Waals surface area (Å²) in [4.78, 5) is 0. The van der Waals surface area contributed by atoms with Gasteiger partial charge in [-0.15, -0.1) is 0 Å². The average molecular weight is 211 g/mol. The van der Waals surface area contributed by atoms with Gasteiger partial charge in [0.15, 0.2) is 0 Å². The summed E-state index contributed by atoms with van der Waals surface area (Å²) in [7, 11) is 0. The SMILES string of the molecule is CCCC1CC(NCC2CC2C)CCO1. The molecule has 1 aliphatic carbocycles. The summed E-state index contributed by atoms with van der Waals surface area (Å²) >= 11 is 0. The molecule has 1 saturated carbocycles. The molecule has 2 fully saturated rings. The number of hydrogen-bond acceptors (Lipinski definition) is 2. The first-order valence-electron chi connectivity index (χ1n) is 6.64. The molecule has 1 aliphatic heterocycles. The summed E-state index contributed by atoms with van der Waals surface area (Å²) in [5, 5.41) is 3.72. The Morgan fingerprint density at radius 1 is 1.33 bits per heavy atom.